The summed E-state index contributed by atoms with van der Waals surface area (Å²) >= 11 is 0. The van der Waals surface area contributed by atoms with Crippen LogP contribution in [0.4, 0.5) is 8.78 Å². The van der Waals surface area contributed by atoms with Crippen LogP contribution < -0.4 is 5.43 Å². The van der Waals surface area contributed by atoms with Gasteiger partial charge in [0.25, 0.3) is 12.0 Å². The highest BCUT2D eigenvalue weighted by molar-refractivity contribution is 5.95. The summed E-state index contributed by atoms with van der Waals surface area (Å²) in [5.74, 6) is -1.78. The average molecular weight is 423 g/mol. The number of hydrogen-bond donors (Lipinski definition) is 1. The van der Waals surface area contributed by atoms with Crippen molar-refractivity contribution >= 4 is 5.91 Å². The Morgan fingerprint density at radius 2 is 1.65 bits per heavy atom. The van der Waals surface area contributed by atoms with Crippen LogP contribution in [0.1, 0.15) is 33.6 Å². The lowest BCUT2D eigenvalue weighted by Crippen LogP contribution is -2.47. The molecule has 1 aromatic heterocycles. The first-order valence-corrected chi connectivity index (χ1v) is 9.68. The number of nitrogens with zero attached hydrogens (tertiary/aromatic N) is 3. The Bertz CT molecular complexity index is 1140. The van der Waals surface area contributed by atoms with Gasteiger partial charge in [0.2, 0.25) is 5.43 Å². The minimum Gasteiger partial charge on any atom is -0.502 e. The Morgan fingerprint density at radius 3 is 2.19 bits per heavy atom. The van der Waals surface area contributed by atoms with Gasteiger partial charge < -0.3 is 10.0 Å². The van der Waals surface area contributed by atoms with E-state index in [0.717, 1.165) is 17.3 Å². The van der Waals surface area contributed by atoms with Crippen LogP contribution in [-0.2, 0) is 0 Å². The zero-order valence-corrected chi connectivity index (χ0v) is 16.4. The maximum Gasteiger partial charge on any atom is 0.276 e. The predicted molar refractivity (Wildman–Crippen MR) is 110 cm³/mol. The number of aromatic hydroxyl groups is 1. The van der Waals surface area contributed by atoms with Gasteiger partial charge in [-0.3, -0.25) is 14.3 Å². The first-order valence-electron chi connectivity index (χ1n) is 9.68. The van der Waals surface area contributed by atoms with Crippen molar-refractivity contribution in [3.63, 3.8) is 0 Å². The second-order valence-electron chi connectivity index (χ2n) is 7.22. The van der Waals surface area contributed by atoms with Crippen molar-refractivity contribution in [1.29, 1.82) is 0 Å². The van der Waals surface area contributed by atoms with E-state index in [2.05, 4.69) is 5.10 Å². The summed E-state index contributed by atoms with van der Waals surface area (Å²) in [6.07, 6.45) is -0.315. The van der Waals surface area contributed by atoms with Crippen LogP contribution in [0.5, 0.6) is 5.75 Å². The molecular formula is C23H19F2N3O3. The van der Waals surface area contributed by atoms with E-state index in [1.807, 2.05) is 60.7 Å². The highest BCUT2D eigenvalue weighted by atomic mass is 19.3. The van der Waals surface area contributed by atoms with Gasteiger partial charge in [-0.05, 0) is 11.1 Å². The van der Waals surface area contributed by atoms with E-state index >= 15 is 0 Å². The lowest BCUT2D eigenvalue weighted by molar-refractivity contribution is 0.0656. The van der Waals surface area contributed by atoms with Gasteiger partial charge >= 0.3 is 0 Å². The molecule has 0 saturated carbocycles. The van der Waals surface area contributed by atoms with Gasteiger partial charge in [0, 0.05) is 25.1 Å². The lowest BCUT2D eigenvalue weighted by atomic mass is 9.83. The zero-order chi connectivity index (χ0) is 22.0. The maximum atomic E-state index is 12.9. The Hall–Kier alpha value is -3.81. The third kappa shape index (κ3) is 3.96. The zero-order valence-electron chi connectivity index (χ0n) is 16.4. The minimum absolute atomic E-state index is 0.0688. The standard InChI is InChI=1S/C23H19F2N3O3/c24-19(25)11-12-27-14-17(28-21(23(27)31)22(30)18(29)13-26-28)20(15-7-3-1-4-8-15)16-9-5-2-6-10-16/h1-11,13,17,20,30H,12,14H2. The number of amides is 1. The molecule has 158 valence electrons. The van der Waals surface area contributed by atoms with Crippen LogP contribution in [0, 0.1) is 0 Å². The Kier molecular flexibility index (Phi) is 5.62. The van der Waals surface area contributed by atoms with Gasteiger partial charge in [-0.1, -0.05) is 60.7 Å². The predicted octanol–water partition coefficient (Wildman–Crippen LogP) is 3.56. The smallest absolute Gasteiger partial charge is 0.276 e. The number of benzene rings is 2. The summed E-state index contributed by atoms with van der Waals surface area (Å²) in [4.78, 5) is 26.1. The monoisotopic (exact) mass is 423 g/mol. The normalized spacial score (nSPS) is 15.6. The van der Waals surface area contributed by atoms with Gasteiger partial charge in [-0.2, -0.15) is 13.9 Å². The molecule has 6 nitrogen and oxygen atoms in total. The summed E-state index contributed by atoms with van der Waals surface area (Å²) in [5.41, 5.74) is 0.744. The largest absolute Gasteiger partial charge is 0.502 e. The van der Waals surface area contributed by atoms with Gasteiger partial charge in [-0.25, -0.2) is 0 Å². The summed E-state index contributed by atoms with van der Waals surface area (Å²) in [6, 6.07) is 18.5. The van der Waals surface area contributed by atoms with Crippen LogP contribution in [0.25, 0.3) is 0 Å². The summed E-state index contributed by atoms with van der Waals surface area (Å²) < 4.78 is 26.8. The number of fused-ring (bicyclic) bond motifs is 1. The highest BCUT2D eigenvalue weighted by Gasteiger charge is 2.39. The molecule has 0 aliphatic carbocycles. The van der Waals surface area contributed by atoms with Crippen LogP contribution in [0.3, 0.4) is 0 Å². The molecule has 1 unspecified atom stereocenters. The molecule has 0 bridgehead atoms. The van der Waals surface area contributed by atoms with Crippen molar-refractivity contribution in [2.45, 2.75) is 12.0 Å². The van der Waals surface area contributed by atoms with Crippen molar-refractivity contribution in [1.82, 2.24) is 14.7 Å². The van der Waals surface area contributed by atoms with E-state index in [1.54, 1.807) is 0 Å². The number of carbonyl (C=O) groups excluding carboxylic acids is 1. The van der Waals surface area contributed by atoms with Crippen LogP contribution in [0.2, 0.25) is 0 Å². The first-order chi connectivity index (χ1) is 15.0. The second kappa shape index (κ2) is 8.51. The molecule has 31 heavy (non-hydrogen) atoms. The van der Waals surface area contributed by atoms with E-state index in [0.29, 0.717) is 6.08 Å². The molecule has 2 aromatic carbocycles. The lowest BCUT2D eigenvalue weighted by Gasteiger charge is -2.38. The molecule has 4 rings (SSSR count). The molecule has 8 heteroatoms. The molecular weight excluding hydrogens is 404 g/mol. The summed E-state index contributed by atoms with van der Waals surface area (Å²) in [7, 11) is 0. The number of hydrogen-bond acceptors (Lipinski definition) is 4. The molecule has 3 aromatic rings. The van der Waals surface area contributed by atoms with Crippen molar-refractivity contribution in [3.05, 3.63) is 106 Å². The van der Waals surface area contributed by atoms with E-state index in [-0.39, 0.29) is 24.7 Å². The Morgan fingerprint density at radius 1 is 1.06 bits per heavy atom. The fourth-order valence-electron chi connectivity index (χ4n) is 3.99. The molecule has 0 spiro atoms. The number of aromatic nitrogens is 2. The van der Waals surface area contributed by atoms with Gasteiger partial charge in [0.05, 0.1) is 12.2 Å². The fourth-order valence-corrected chi connectivity index (χ4v) is 3.99. The van der Waals surface area contributed by atoms with Crippen molar-refractivity contribution < 1.29 is 18.7 Å². The van der Waals surface area contributed by atoms with Gasteiger partial charge in [0.15, 0.2) is 11.4 Å². The first kappa shape index (κ1) is 20.5. The molecule has 2 heterocycles. The number of rotatable bonds is 5. The van der Waals surface area contributed by atoms with E-state index in [1.165, 1.54) is 9.58 Å². The molecule has 1 aliphatic rings. The third-order valence-electron chi connectivity index (χ3n) is 5.37. The highest BCUT2D eigenvalue weighted by Crippen LogP contribution is 2.39. The molecule has 1 aliphatic heterocycles. The van der Waals surface area contributed by atoms with Gasteiger partial charge in [0.1, 0.15) is 0 Å². The number of halogens is 2. The van der Waals surface area contributed by atoms with Crippen LogP contribution in [0.15, 0.2) is 83.8 Å². The average Bonchev–Trinajstić information content (AvgIpc) is 2.78. The fraction of sp³-hybridized carbons (Fsp3) is 0.174. The SMILES string of the molecule is O=C1c2c(O)c(=O)cnn2C(C(c2ccccc2)c2ccccc2)CN1CC=C(F)F. The minimum atomic E-state index is -1.91. The van der Waals surface area contributed by atoms with Crippen LogP contribution >= 0.6 is 0 Å². The third-order valence-corrected chi connectivity index (χ3v) is 5.37. The summed E-state index contributed by atoms with van der Waals surface area (Å²) in [5, 5.41) is 14.5. The molecule has 0 fully saturated rings. The second-order valence-corrected chi connectivity index (χ2v) is 7.22. The van der Waals surface area contributed by atoms with Crippen molar-refractivity contribution in [2.24, 2.45) is 0 Å². The summed E-state index contributed by atoms with van der Waals surface area (Å²) in [6.45, 7) is -0.282. The molecule has 1 N–H and O–H groups in total. The van der Waals surface area contributed by atoms with E-state index in [9.17, 15) is 23.5 Å². The van der Waals surface area contributed by atoms with E-state index < -0.39 is 29.2 Å². The quantitative estimate of drug-likeness (QED) is 0.681. The molecule has 0 radical (unpaired) electrons. The van der Waals surface area contributed by atoms with Crippen molar-refractivity contribution in [3.8, 4) is 5.75 Å². The molecule has 1 atom stereocenters. The Labute approximate surface area is 176 Å². The topological polar surface area (TPSA) is 75.4 Å². The number of carbonyl (C=O) groups is 1. The van der Waals surface area contributed by atoms with Crippen molar-refractivity contribution in [2.75, 3.05) is 13.1 Å². The maximum absolute atomic E-state index is 12.9. The molecule has 1 amide bonds. The Balaban J connectivity index is 1.91. The van der Waals surface area contributed by atoms with Crippen LogP contribution in [-0.4, -0.2) is 38.8 Å². The van der Waals surface area contributed by atoms with Gasteiger partial charge in [-0.15, -0.1) is 0 Å². The van der Waals surface area contributed by atoms with E-state index in [4.69, 9.17) is 0 Å². The molecule has 0 saturated heterocycles.